The van der Waals surface area contributed by atoms with Gasteiger partial charge in [0.2, 0.25) is 0 Å². The van der Waals surface area contributed by atoms with E-state index in [0.717, 1.165) is 45.1 Å². The zero-order valence-corrected chi connectivity index (χ0v) is 16.3. The quantitative estimate of drug-likeness (QED) is 0.603. The van der Waals surface area contributed by atoms with E-state index in [0.29, 0.717) is 0 Å². The van der Waals surface area contributed by atoms with Crippen LogP contribution in [-0.2, 0) is 10.2 Å². The lowest BCUT2D eigenvalue weighted by molar-refractivity contribution is 0.0782. The Morgan fingerprint density at radius 2 is 1.76 bits per heavy atom. The van der Waals surface area contributed by atoms with Gasteiger partial charge in [-0.15, -0.1) is 0 Å². The van der Waals surface area contributed by atoms with Gasteiger partial charge in [-0.2, -0.15) is 11.8 Å². The number of rotatable bonds is 6. The molecule has 4 nitrogen and oxygen atoms in total. The molecular formula is C20H31N3OS. The van der Waals surface area contributed by atoms with E-state index < -0.39 is 0 Å². The molecule has 0 bridgehead atoms. The summed E-state index contributed by atoms with van der Waals surface area (Å²) in [7, 11) is 1.86. The van der Waals surface area contributed by atoms with E-state index in [1.54, 1.807) is 0 Å². The van der Waals surface area contributed by atoms with Crippen LogP contribution in [0, 0.1) is 0 Å². The maximum atomic E-state index is 5.54. The molecule has 0 amide bonds. The van der Waals surface area contributed by atoms with Crippen LogP contribution in [0.1, 0.15) is 37.7 Å². The van der Waals surface area contributed by atoms with Gasteiger partial charge in [-0.1, -0.05) is 36.8 Å². The summed E-state index contributed by atoms with van der Waals surface area (Å²) in [5, 5.41) is 7.16. The van der Waals surface area contributed by atoms with Crippen LogP contribution in [0.15, 0.2) is 35.3 Å². The molecule has 2 aliphatic rings. The van der Waals surface area contributed by atoms with Gasteiger partial charge in [0.25, 0.3) is 0 Å². The van der Waals surface area contributed by atoms with Crippen LogP contribution in [0.4, 0.5) is 0 Å². The fourth-order valence-electron chi connectivity index (χ4n) is 3.88. The lowest BCUT2D eigenvalue weighted by Gasteiger charge is -2.43. The number of benzene rings is 1. The van der Waals surface area contributed by atoms with Crippen LogP contribution < -0.4 is 10.6 Å². The van der Waals surface area contributed by atoms with E-state index in [1.165, 1.54) is 24.8 Å². The summed E-state index contributed by atoms with van der Waals surface area (Å²) >= 11 is 1.96. The van der Waals surface area contributed by atoms with E-state index >= 15 is 0 Å². The van der Waals surface area contributed by atoms with Crippen molar-refractivity contribution in [3.05, 3.63) is 35.9 Å². The zero-order chi connectivity index (χ0) is 17.6. The molecule has 1 saturated heterocycles. The minimum absolute atomic E-state index is 0.267. The molecule has 138 valence electrons. The van der Waals surface area contributed by atoms with Gasteiger partial charge in [0.1, 0.15) is 0 Å². The summed E-state index contributed by atoms with van der Waals surface area (Å²) in [6.45, 7) is 3.62. The van der Waals surface area contributed by atoms with E-state index in [4.69, 9.17) is 4.74 Å². The molecular weight excluding hydrogens is 330 g/mol. The van der Waals surface area contributed by atoms with Crippen molar-refractivity contribution in [3.63, 3.8) is 0 Å². The van der Waals surface area contributed by atoms with Crippen molar-refractivity contribution in [2.24, 2.45) is 4.99 Å². The Labute approximate surface area is 156 Å². The summed E-state index contributed by atoms with van der Waals surface area (Å²) in [6.07, 6.45) is 8.25. The van der Waals surface area contributed by atoms with E-state index in [1.807, 2.05) is 18.8 Å². The van der Waals surface area contributed by atoms with Gasteiger partial charge in [-0.25, -0.2) is 0 Å². The Bertz CT molecular complexity index is 566. The highest BCUT2D eigenvalue weighted by Crippen LogP contribution is 2.43. The first-order valence-electron chi connectivity index (χ1n) is 9.35. The maximum Gasteiger partial charge on any atom is 0.191 e. The average Bonchev–Trinajstić information content (AvgIpc) is 2.65. The van der Waals surface area contributed by atoms with Crippen LogP contribution >= 0.6 is 11.8 Å². The van der Waals surface area contributed by atoms with E-state index in [2.05, 4.69) is 52.2 Å². The third kappa shape index (κ3) is 4.32. The molecule has 1 heterocycles. The second-order valence-corrected chi connectivity index (χ2v) is 8.55. The van der Waals surface area contributed by atoms with Gasteiger partial charge in [0.15, 0.2) is 5.96 Å². The highest BCUT2D eigenvalue weighted by atomic mass is 32.2. The first kappa shape index (κ1) is 18.6. The van der Waals surface area contributed by atoms with Gasteiger partial charge < -0.3 is 15.4 Å². The van der Waals surface area contributed by atoms with Gasteiger partial charge in [0.05, 0.1) is 0 Å². The summed E-state index contributed by atoms with van der Waals surface area (Å²) < 4.78 is 5.80. The van der Waals surface area contributed by atoms with Crippen LogP contribution in [0.3, 0.4) is 0 Å². The molecule has 0 radical (unpaired) electrons. The van der Waals surface area contributed by atoms with Crippen molar-refractivity contribution in [2.75, 3.05) is 39.6 Å². The Kier molecular flexibility index (Phi) is 6.29. The normalized spacial score (nSPS) is 22.1. The number of hydrogen-bond donors (Lipinski definition) is 2. The maximum absolute atomic E-state index is 5.54. The Morgan fingerprint density at radius 3 is 2.32 bits per heavy atom. The molecule has 2 N–H and O–H groups in total. The number of hydrogen-bond acceptors (Lipinski definition) is 3. The minimum Gasteiger partial charge on any atom is -0.381 e. The third-order valence-electron chi connectivity index (χ3n) is 5.93. The number of aliphatic imine (C=N–C) groups is 1. The number of ether oxygens (including phenoxy) is 1. The van der Waals surface area contributed by atoms with Crippen molar-refractivity contribution < 1.29 is 4.74 Å². The Hall–Kier alpha value is -1.20. The molecule has 0 unspecified atom stereocenters. The van der Waals surface area contributed by atoms with Gasteiger partial charge in [-0.3, -0.25) is 4.99 Å². The standard InChI is InChI=1S/C20H31N3OS/c1-21-18(23-16-20(25-2)11-13-24-14-12-20)22-15-19(9-6-10-19)17-7-4-3-5-8-17/h3-5,7-8H,6,9-16H2,1-2H3,(H2,21,22,23). The van der Waals surface area contributed by atoms with Crippen molar-refractivity contribution >= 4 is 17.7 Å². The molecule has 0 atom stereocenters. The van der Waals surface area contributed by atoms with Crippen LogP contribution in [0.5, 0.6) is 0 Å². The molecule has 0 aromatic heterocycles. The van der Waals surface area contributed by atoms with Crippen molar-refractivity contribution in [2.45, 2.75) is 42.3 Å². The number of guanidine groups is 1. The van der Waals surface area contributed by atoms with Crippen LogP contribution in [-0.4, -0.2) is 50.3 Å². The minimum atomic E-state index is 0.267. The predicted molar refractivity (Wildman–Crippen MR) is 108 cm³/mol. The lowest BCUT2D eigenvalue weighted by atomic mass is 9.64. The van der Waals surface area contributed by atoms with E-state index in [-0.39, 0.29) is 10.2 Å². The summed E-state index contributed by atoms with van der Waals surface area (Å²) in [5.41, 5.74) is 1.73. The fourth-order valence-corrected chi connectivity index (χ4v) is 4.67. The summed E-state index contributed by atoms with van der Waals surface area (Å²) in [5.74, 6) is 0.919. The Morgan fingerprint density at radius 1 is 1.08 bits per heavy atom. The topological polar surface area (TPSA) is 45.7 Å². The number of thioether (sulfide) groups is 1. The highest BCUT2D eigenvalue weighted by Gasteiger charge is 2.38. The van der Waals surface area contributed by atoms with Gasteiger partial charge in [-0.05, 0) is 37.5 Å². The van der Waals surface area contributed by atoms with E-state index in [9.17, 15) is 0 Å². The monoisotopic (exact) mass is 361 g/mol. The molecule has 0 spiro atoms. The first-order chi connectivity index (χ1) is 12.2. The summed E-state index contributed by atoms with van der Waals surface area (Å²) in [4.78, 5) is 4.45. The first-order valence-corrected chi connectivity index (χ1v) is 10.6. The molecule has 25 heavy (non-hydrogen) atoms. The fraction of sp³-hybridized carbons (Fsp3) is 0.650. The largest absolute Gasteiger partial charge is 0.381 e. The number of nitrogens with zero attached hydrogens (tertiary/aromatic N) is 1. The average molecular weight is 362 g/mol. The molecule has 5 heteroatoms. The summed E-state index contributed by atoms with van der Waals surface area (Å²) in [6, 6.07) is 10.9. The van der Waals surface area contributed by atoms with Crippen molar-refractivity contribution in [1.29, 1.82) is 0 Å². The van der Waals surface area contributed by atoms with Crippen LogP contribution in [0.2, 0.25) is 0 Å². The van der Waals surface area contributed by atoms with Gasteiger partial charge in [0, 0.05) is 43.5 Å². The molecule has 1 aromatic rings. The van der Waals surface area contributed by atoms with Crippen molar-refractivity contribution in [1.82, 2.24) is 10.6 Å². The Balaban J connectivity index is 1.56. The number of nitrogens with one attached hydrogen (secondary N) is 2. The second-order valence-electron chi connectivity index (χ2n) is 7.28. The molecule has 1 aromatic carbocycles. The molecule has 1 aliphatic heterocycles. The molecule has 1 saturated carbocycles. The second kappa shape index (κ2) is 8.45. The van der Waals surface area contributed by atoms with Crippen molar-refractivity contribution in [3.8, 4) is 0 Å². The smallest absolute Gasteiger partial charge is 0.191 e. The SMILES string of the molecule is CN=C(NCC1(SC)CCOCC1)NCC1(c2ccccc2)CCC1. The molecule has 2 fully saturated rings. The predicted octanol–water partition coefficient (Wildman–Crippen LogP) is 3.19. The lowest BCUT2D eigenvalue weighted by Crippen LogP contribution is -2.52. The van der Waals surface area contributed by atoms with Gasteiger partial charge >= 0.3 is 0 Å². The highest BCUT2D eigenvalue weighted by molar-refractivity contribution is 8.00. The molecule has 3 rings (SSSR count). The third-order valence-corrected chi connectivity index (χ3v) is 7.35. The molecule has 1 aliphatic carbocycles. The zero-order valence-electron chi connectivity index (χ0n) is 15.5. The van der Waals surface area contributed by atoms with Crippen LogP contribution in [0.25, 0.3) is 0 Å².